The van der Waals surface area contributed by atoms with E-state index >= 15 is 0 Å². The number of benzene rings is 2. The molecule has 0 aromatic heterocycles. The van der Waals surface area contributed by atoms with Crippen LogP contribution in [0.2, 0.25) is 5.02 Å². The third kappa shape index (κ3) is 3.17. The average molecular weight is 276 g/mol. The highest BCUT2D eigenvalue weighted by molar-refractivity contribution is 6.30. The van der Waals surface area contributed by atoms with Crippen molar-refractivity contribution in [3.05, 3.63) is 53.1 Å². The van der Waals surface area contributed by atoms with E-state index in [-0.39, 0.29) is 5.91 Å². The SMILES string of the molecule is CNC(=O)c1cc(N)ccc1Nc1ccc(Cl)cc1. The van der Waals surface area contributed by atoms with E-state index in [0.717, 1.165) is 5.69 Å². The van der Waals surface area contributed by atoms with E-state index in [1.165, 1.54) is 0 Å². The van der Waals surface area contributed by atoms with Gasteiger partial charge in [-0.1, -0.05) is 11.6 Å². The van der Waals surface area contributed by atoms with Crippen LogP contribution in [0, 0.1) is 0 Å². The zero-order chi connectivity index (χ0) is 13.8. The molecule has 0 radical (unpaired) electrons. The molecular weight excluding hydrogens is 262 g/mol. The number of amides is 1. The highest BCUT2D eigenvalue weighted by Gasteiger charge is 2.10. The summed E-state index contributed by atoms with van der Waals surface area (Å²) in [5.74, 6) is -0.191. The van der Waals surface area contributed by atoms with Crippen LogP contribution in [0.25, 0.3) is 0 Å². The fourth-order valence-electron chi connectivity index (χ4n) is 1.68. The summed E-state index contributed by atoms with van der Waals surface area (Å²) in [5, 5.41) is 6.42. The lowest BCUT2D eigenvalue weighted by molar-refractivity contribution is 0.0964. The Morgan fingerprint density at radius 3 is 2.47 bits per heavy atom. The van der Waals surface area contributed by atoms with Gasteiger partial charge in [0.2, 0.25) is 0 Å². The Bertz CT molecular complexity index is 596. The average Bonchev–Trinajstić information content (AvgIpc) is 2.42. The molecule has 4 N–H and O–H groups in total. The summed E-state index contributed by atoms with van der Waals surface area (Å²) in [4.78, 5) is 11.8. The first-order valence-corrected chi connectivity index (χ1v) is 6.12. The first kappa shape index (κ1) is 13.2. The van der Waals surface area contributed by atoms with Crippen molar-refractivity contribution in [1.82, 2.24) is 5.32 Å². The zero-order valence-corrected chi connectivity index (χ0v) is 11.2. The first-order valence-electron chi connectivity index (χ1n) is 5.74. The Hall–Kier alpha value is -2.20. The lowest BCUT2D eigenvalue weighted by Crippen LogP contribution is -2.19. The quantitative estimate of drug-likeness (QED) is 0.754. The minimum Gasteiger partial charge on any atom is -0.399 e. The molecule has 4 nitrogen and oxygen atoms in total. The summed E-state index contributed by atoms with van der Waals surface area (Å²) in [7, 11) is 1.58. The largest absolute Gasteiger partial charge is 0.399 e. The molecule has 0 saturated carbocycles. The van der Waals surface area contributed by atoms with Gasteiger partial charge in [-0.25, -0.2) is 0 Å². The van der Waals surface area contributed by atoms with Crippen molar-refractivity contribution in [2.75, 3.05) is 18.1 Å². The zero-order valence-electron chi connectivity index (χ0n) is 10.4. The molecule has 0 atom stereocenters. The van der Waals surface area contributed by atoms with Gasteiger partial charge in [-0.3, -0.25) is 4.79 Å². The van der Waals surface area contributed by atoms with Crippen LogP contribution in [0.4, 0.5) is 17.1 Å². The smallest absolute Gasteiger partial charge is 0.253 e. The molecule has 19 heavy (non-hydrogen) atoms. The molecule has 0 bridgehead atoms. The molecule has 0 saturated heterocycles. The van der Waals surface area contributed by atoms with E-state index in [2.05, 4.69) is 10.6 Å². The Kier molecular flexibility index (Phi) is 3.92. The van der Waals surface area contributed by atoms with Gasteiger partial charge in [0, 0.05) is 23.4 Å². The van der Waals surface area contributed by atoms with Crippen molar-refractivity contribution in [2.45, 2.75) is 0 Å². The van der Waals surface area contributed by atoms with Crippen molar-refractivity contribution in [1.29, 1.82) is 0 Å². The molecule has 0 aliphatic carbocycles. The number of anilines is 3. The van der Waals surface area contributed by atoms with E-state index < -0.39 is 0 Å². The van der Waals surface area contributed by atoms with E-state index in [9.17, 15) is 4.79 Å². The number of hydrogen-bond donors (Lipinski definition) is 3. The van der Waals surface area contributed by atoms with Crippen molar-refractivity contribution >= 4 is 34.6 Å². The summed E-state index contributed by atoms with van der Waals surface area (Å²) < 4.78 is 0. The van der Waals surface area contributed by atoms with Crippen molar-refractivity contribution in [3.8, 4) is 0 Å². The van der Waals surface area contributed by atoms with Crippen LogP contribution >= 0.6 is 11.6 Å². The molecule has 98 valence electrons. The second-order valence-corrected chi connectivity index (χ2v) is 4.45. The third-order valence-electron chi connectivity index (χ3n) is 2.64. The minimum atomic E-state index is -0.191. The van der Waals surface area contributed by atoms with Crippen LogP contribution in [0.15, 0.2) is 42.5 Å². The minimum absolute atomic E-state index is 0.191. The topological polar surface area (TPSA) is 67.2 Å². The highest BCUT2D eigenvalue weighted by Crippen LogP contribution is 2.24. The predicted octanol–water partition coefficient (Wildman–Crippen LogP) is 3.03. The fraction of sp³-hybridized carbons (Fsp3) is 0.0714. The molecule has 0 heterocycles. The first-order chi connectivity index (χ1) is 9.10. The van der Waals surface area contributed by atoms with E-state index in [1.807, 2.05) is 12.1 Å². The maximum Gasteiger partial charge on any atom is 0.253 e. The summed E-state index contributed by atoms with van der Waals surface area (Å²) in [6.45, 7) is 0. The van der Waals surface area contributed by atoms with Crippen LogP contribution < -0.4 is 16.4 Å². The number of nitrogens with one attached hydrogen (secondary N) is 2. The molecule has 5 heteroatoms. The third-order valence-corrected chi connectivity index (χ3v) is 2.89. The normalized spacial score (nSPS) is 10.0. The molecule has 0 fully saturated rings. The van der Waals surface area contributed by atoms with Crippen LogP contribution in [0.3, 0.4) is 0 Å². The number of nitrogens with two attached hydrogens (primary N) is 1. The van der Waals surface area contributed by atoms with Gasteiger partial charge in [0.15, 0.2) is 0 Å². The van der Waals surface area contributed by atoms with E-state index in [4.69, 9.17) is 17.3 Å². The van der Waals surface area contributed by atoms with Crippen LogP contribution in [-0.4, -0.2) is 13.0 Å². The van der Waals surface area contributed by atoms with Gasteiger partial charge in [-0.15, -0.1) is 0 Å². The summed E-state index contributed by atoms with van der Waals surface area (Å²) in [6.07, 6.45) is 0. The second-order valence-electron chi connectivity index (χ2n) is 4.02. The predicted molar refractivity (Wildman–Crippen MR) is 79.0 cm³/mol. The molecule has 0 aliphatic rings. The van der Waals surface area contributed by atoms with E-state index in [0.29, 0.717) is 22.0 Å². The Labute approximate surface area is 116 Å². The molecular formula is C14H14ClN3O. The highest BCUT2D eigenvalue weighted by atomic mass is 35.5. The number of hydrogen-bond acceptors (Lipinski definition) is 3. The van der Waals surface area contributed by atoms with Gasteiger partial charge >= 0.3 is 0 Å². The Balaban J connectivity index is 2.34. The van der Waals surface area contributed by atoms with Crippen molar-refractivity contribution in [2.24, 2.45) is 0 Å². The number of halogens is 1. The monoisotopic (exact) mass is 275 g/mol. The standard InChI is InChI=1S/C14H14ClN3O/c1-17-14(19)12-8-10(16)4-7-13(12)18-11-5-2-9(15)3-6-11/h2-8,18H,16H2,1H3,(H,17,19). The lowest BCUT2D eigenvalue weighted by atomic mass is 10.1. The van der Waals surface area contributed by atoms with Gasteiger partial charge in [0.1, 0.15) is 0 Å². The Morgan fingerprint density at radius 1 is 1.16 bits per heavy atom. The molecule has 2 rings (SSSR count). The molecule has 1 amide bonds. The summed E-state index contributed by atoms with van der Waals surface area (Å²) >= 11 is 5.83. The number of nitrogen functional groups attached to an aromatic ring is 1. The van der Waals surface area contributed by atoms with Gasteiger partial charge in [-0.2, -0.15) is 0 Å². The van der Waals surface area contributed by atoms with Gasteiger partial charge in [0.05, 0.1) is 11.3 Å². The number of carbonyl (C=O) groups is 1. The molecule has 0 unspecified atom stereocenters. The van der Waals surface area contributed by atoms with E-state index in [1.54, 1.807) is 37.4 Å². The molecule has 2 aromatic carbocycles. The molecule has 0 spiro atoms. The molecule has 0 aliphatic heterocycles. The fourth-order valence-corrected chi connectivity index (χ4v) is 1.81. The van der Waals surface area contributed by atoms with Crippen molar-refractivity contribution in [3.63, 3.8) is 0 Å². The Morgan fingerprint density at radius 2 is 1.84 bits per heavy atom. The van der Waals surface area contributed by atoms with Gasteiger partial charge in [0.25, 0.3) is 5.91 Å². The maximum absolute atomic E-state index is 11.8. The second kappa shape index (κ2) is 5.63. The summed E-state index contributed by atoms with van der Waals surface area (Å²) in [5.41, 5.74) is 8.28. The molecule has 2 aromatic rings. The lowest BCUT2D eigenvalue weighted by Gasteiger charge is -2.12. The summed E-state index contributed by atoms with van der Waals surface area (Å²) in [6, 6.07) is 12.4. The van der Waals surface area contributed by atoms with Crippen LogP contribution in [0.5, 0.6) is 0 Å². The van der Waals surface area contributed by atoms with Crippen LogP contribution in [0.1, 0.15) is 10.4 Å². The van der Waals surface area contributed by atoms with Crippen molar-refractivity contribution < 1.29 is 4.79 Å². The van der Waals surface area contributed by atoms with Gasteiger partial charge in [-0.05, 0) is 42.5 Å². The van der Waals surface area contributed by atoms with Gasteiger partial charge < -0.3 is 16.4 Å². The number of rotatable bonds is 3. The number of carbonyl (C=O) groups excluding carboxylic acids is 1. The maximum atomic E-state index is 11.8. The van der Waals surface area contributed by atoms with Crippen LogP contribution in [-0.2, 0) is 0 Å².